The van der Waals surface area contributed by atoms with Crippen LogP contribution in [0.15, 0.2) is 53.9 Å². The molecule has 182 valence electrons. The van der Waals surface area contributed by atoms with Crippen LogP contribution in [-0.2, 0) is 18.1 Å². The highest BCUT2D eigenvalue weighted by Crippen LogP contribution is 3.02. The standard InChI is InChI=1S/C19H19F7N4O2S/c1-3-19(20,21)17-15(18(2,31)10-30-12-27-11-28-30)8-9-16(29-17)32-13-4-6-14(7-5-13)33(22,23,24,25)26/h4-9,11-12,31H,3,10H2,1-2H3. The monoisotopic (exact) mass is 500 g/mol. The number of alkyl halides is 2. The number of hydrogen-bond donors (Lipinski definition) is 1. The quantitative estimate of drug-likeness (QED) is 0.356. The summed E-state index contributed by atoms with van der Waals surface area (Å²) in [4.78, 5) is 5.37. The van der Waals surface area contributed by atoms with E-state index in [0.29, 0.717) is 12.1 Å². The molecular weight excluding hydrogens is 481 g/mol. The number of hydrogen-bond acceptors (Lipinski definition) is 5. The summed E-state index contributed by atoms with van der Waals surface area (Å²) in [5.41, 5.74) is -2.89. The summed E-state index contributed by atoms with van der Waals surface area (Å²) in [7, 11) is -9.86. The van der Waals surface area contributed by atoms with Crippen LogP contribution in [0.5, 0.6) is 11.6 Å². The van der Waals surface area contributed by atoms with Gasteiger partial charge in [-0.25, -0.2) is 14.6 Å². The SMILES string of the molecule is CCC(F)(F)c1nc(Oc2ccc(S(F)(F)(F)(F)F)cc2)ccc1C(C)(O)Cn1cncn1. The van der Waals surface area contributed by atoms with Gasteiger partial charge in [0, 0.05) is 18.1 Å². The Hall–Kier alpha value is -2.87. The van der Waals surface area contributed by atoms with E-state index in [4.69, 9.17) is 4.74 Å². The van der Waals surface area contributed by atoms with Crippen molar-refractivity contribution in [3.63, 3.8) is 0 Å². The molecule has 0 amide bonds. The highest BCUT2D eigenvalue weighted by Gasteiger charge is 2.65. The summed E-state index contributed by atoms with van der Waals surface area (Å²) in [5.74, 6) is -4.26. The molecule has 1 N–H and O–H groups in total. The fourth-order valence-electron chi connectivity index (χ4n) is 2.98. The number of rotatable bonds is 8. The summed E-state index contributed by atoms with van der Waals surface area (Å²) in [6.45, 7) is 2.25. The van der Waals surface area contributed by atoms with Crippen molar-refractivity contribution in [3.8, 4) is 11.6 Å². The van der Waals surface area contributed by atoms with Crippen LogP contribution in [0.1, 0.15) is 31.5 Å². The average molecular weight is 500 g/mol. The summed E-state index contributed by atoms with van der Waals surface area (Å²) in [5, 5.41) is 14.7. The smallest absolute Gasteiger partial charge is 0.310 e. The third-order valence-electron chi connectivity index (χ3n) is 4.67. The van der Waals surface area contributed by atoms with Crippen molar-refractivity contribution in [2.24, 2.45) is 0 Å². The topological polar surface area (TPSA) is 73.1 Å². The lowest BCUT2D eigenvalue weighted by molar-refractivity contribution is -0.0252. The molecule has 3 aromatic rings. The molecule has 33 heavy (non-hydrogen) atoms. The highest BCUT2D eigenvalue weighted by molar-refractivity contribution is 8.45. The molecule has 3 rings (SSSR count). The summed E-state index contributed by atoms with van der Waals surface area (Å²) in [6.07, 6.45) is 1.82. The molecule has 0 saturated carbocycles. The lowest BCUT2D eigenvalue weighted by atomic mass is 9.91. The Labute approximate surface area is 183 Å². The first-order chi connectivity index (χ1) is 14.9. The van der Waals surface area contributed by atoms with Crippen LogP contribution < -0.4 is 4.74 Å². The van der Waals surface area contributed by atoms with Gasteiger partial charge in [0.1, 0.15) is 34.6 Å². The van der Waals surface area contributed by atoms with Crippen LogP contribution in [-0.4, -0.2) is 24.9 Å². The fourth-order valence-corrected chi connectivity index (χ4v) is 3.63. The molecule has 1 atom stereocenters. The maximum atomic E-state index is 14.7. The van der Waals surface area contributed by atoms with Crippen molar-refractivity contribution in [2.75, 3.05) is 0 Å². The number of ether oxygens (including phenoxy) is 1. The minimum absolute atomic E-state index is 0.135. The predicted octanol–water partition coefficient (Wildman–Crippen LogP) is 6.53. The van der Waals surface area contributed by atoms with Gasteiger partial charge in [-0.2, -0.15) is 13.9 Å². The van der Waals surface area contributed by atoms with Crippen LogP contribution >= 0.6 is 10.2 Å². The van der Waals surface area contributed by atoms with Crippen molar-refractivity contribution in [1.29, 1.82) is 0 Å². The van der Waals surface area contributed by atoms with E-state index < -0.39 is 44.6 Å². The third kappa shape index (κ3) is 5.74. The lowest BCUT2D eigenvalue weighted by Gasteiger charge is -2.40. The van der Waals surface area contributed by atoms with Crippen molar-refractivity contribution in [1.82, 2.24) is 19.7 Å². The predicted molar refractivity (Wildman–Crippen MR) is 106 cm³/mol. The molecular formula is C19H19F7N4O2S. The van der Waals surface area contributed by atoms with E-state index in [2.05, 4.69) is 15.1 Å². The number of nitrogens with zero attached hydrogens (tertiary/aromatic N) is 4. The fraction of sp³-hybridized carbons (Fsp3) is 0.316. The van der Waals surface area contributed by atoms with E-state index >= 15 is 0 Å². The number of benzene rings is 1. The largest absolute Gasteiger partial charge is 0.439 e. The Kier molecular flexibility index (Phi) is 5.49. The molecule has 2 heterocycles. The molecule has 0 aliphatic carbocycles. The molecule has 2 aromatic heterocycles. The van der Waals surface area contributed by atoms with Gasteiger partial charge in [-0.3, -0.25) is 0 Å². The second kappa shape index (κ2) is 7.32. The summed E-state index contributed by atoms with van der Waals surface area (Å²) in [6, 6.07) is 3.79. The van der Waals surface area contributed by atoms with Crippen LogP contribution in [0.2, 0.25) is 0 Å². The second-order valence-corrected chi connectivity index (χ2v) is 9.92. The zero-order valence-corrected chi connectivity index (χ0v) is 18.0. The Morgan fingerprint density at radius 1 is 1.03 bits per heavy atom. The molecule has 0 aliphatic rings. The Balaban J connectivity index is 1.96. The van der Waals surface area contributed by atoms with Gasteiger partial charge in [-0.05, 0) is 37.3 Å². The third-order valence-corrected chi connectivity index (χ3v) is 5.83. The van der Waals surface area contributed by atoms with Gasteiger partial charge < -0.3 is 9.84 Å². The maximum Gasteiger partial charge on any atom is 0.310 e. The first kappa shape index (κ1) is 24.8. The van der Waals surface area contributed by atoms with Crippen LogP contribution in [0, 0.1) is 0 Å². The van der Waals surface area contributed by atoms with Gasteiger partial charge in [0.05, 0.1) is 6.54 Å². The molecule has 0 aliphatic heterocycles. The first-order valence-corrected chi connectivity index (χ1v) is 11.3. The molecule has 0 spiro atoms. The van der Waals surface area contributed by atoms with E-state index in [1.165, 1.54) is 31.2 Å². The number of aromatic nitrogens is 4. The van der Waals surface area contributed by atoms with Crippen molar-refractivity contribution >= 4 is 10.2 Å². The normalized spacial score (nSPS) is 16.5. The van der Waals surface area contributed by atoms with E-state index in [1.807, 2.05) is 0 Å². The molecule has 0 radical (unpaired) electrons. The minimum atomic E-state index is -9.86. The summed E-state index contributed by atoms with van der Waals surface area (Å²) < 4.78 is 100. The molecule has 14 heteroatoms. The number of halogens is 7. The minimum Gasteiger partial charge on any atom is -0.439 e. The average Bonchev–Trinajstić information content (AvgIpc) is 3.18. The van der Waals surface area contributed by atoms with Gasteiger partial charge in [-0.15, -0.1) is 0 Å². The van der Waals surface area contributed by atoms with Crippen molar-refractivity contribution < 1.29 is 38.1 Å². The van der Waals surface area contributed by atoms with Gasteiger partial charge in [0.15, 0.2) is 0 Å². The molecule has 0 bridgehead atoms. The van der Waals surface area contributed by atoms with E-state index in [-0.39, 0.29) is 30.0 Å². The van der Waals surface area contributed by atoms with E-state index in [1.54, 1.807) is 0 Å². The Bertz CT molecular complexity index is 1140. The zero-order chi connectivity index (χ0) is 24.8. The van der Waals surface area contributed by atoms with Gasteiger partial charge in [0.25, 0.3) is 5.92 Å². The lowest BCUT2D eigenvalue weighted by Crippen LogP contribution is -2.32. The molecule has 1 aromatic carbocycles. The van der Waals surface area contributed by atoms with E-state index in [9.17, 15) is 33.3 Å². The summed E-state index contributed by atoms with van der Waals surface area (Å²) >= 11 is 0. The maximum absolute atomic E-state index is 14.7. The number of aliphatic hydroxyl groups is 1. The Morgan fingerprint density at radius 2 is 1.67 bits per heavy atom. The van der Waals surface area contributed by atoms with Crippen molar-refractivity contribution in [2.45, 2.75) is 43.2 Å². The molecule has 1 unspecified atom stereocenters. The van der Waals surface area contributed by atoms with E-state index in [0.717, 1.165) is 12.1 Å². The van der Waals surface area contributed by atoms with Crippen molar-refractivity contribution in [3.05, 3.63) is 60.3 Å². The highest BCUT2D eigenvalue weighted by atomic mass is 32.5. The molecule has 6 nitrogen and oxygen atoms in total. The van der Waals surface area contributed by atoms with Gasteiger partial charge in [-0.1, -0.05) is 26.4 Å². The molecule has 0 fully saturated rings. The number of pyridine rings is 1. The van der Waals surface area contributed by atoms with Gasteiger partial charge >= 0.3 is 10.2 Å². The second-order valence-electron chi connectivity index (χ2n) is 7.51. The first-order valence-electron chi connectivity index (χ1n) is 9.38. The zero-order valence-electron chi connectivity index (χ0n) is 17.2. The van der Waals surface area contributed by atoms with Crippen LogP contribution in [0.3, 0.4) is 0 Å². The van der Waals surface area contributed by atoms with Gasteiger partial charge in [0.2, 0.25) is 5.88 Å². The Morgan fingerprint density at radius 3 is 2.18 bits per heavy atom. The van der Waals surface area contributed by atoms with Crippen LogP contribution in [0.4, 0.5) is 28.2 Å². The molecule has 0 saturated heterocycles. The van der Waals surface area contributed by atoms with Crippen LogP contribution in [0.25, 0.3) is 0 Å².